The average Bonchev–Trinajstić information content (AvgIpc) is 2.30. The molecule has 0 aliphatic rings. The Hall–Kier alpha value is -0.450. The lowest BCUT2D eigenvalue weighted by Crippen LogP contribution is -2.32. The SMILES string of the molecule is COCC(F)(CCCN)Cc1ccc(Br)cc1. The normalized spacial score (nSPS) is 14.6. The zero-order chi connectivity index (χ0) is 12.7. The fourth-order valence-electron chi connectivity index (χ4n) is 1.86. The van der Waals surface area contributed by atoms with Crippen LogP contribution in [0.3, 0.4) is 0 Å². The molecule has 1 aromatic carbocycles. The standard InChI is InChI=1S/C13H19BrFNO/c1-17-10-13(15,7-2-8-16)9-11-3-5-12(14)6-4-11/h3-6H,2,7-10,16H2,1H3. The van der Waals surface area contributed by atoms with Crippen molar-refractivity contribution < 1.29 is 9.13 Å². The second-order valence-corrected chi connectivity index (χ2v) is 5.20. The fraction of sp³-hybridized carbons (Fsp3) is 0.538. The van der Waals surface area contributed by atoms with Crippen molar-refractivity contribution in [2.45, 2.75) is 24.9 Å². The number of alkyl halides is 1. The summed E-state index contributed by atoms with van der Waals surface area (Å²) in [4.78, 5) is 0. The van der Waals surface area contributed by atoms with Crippen LogP contribution in [0.25, 0.3) is 0 Å². The lowest BCUT2D eigenvalue weighted by molar-refractivity contribution is 0.0334. The molecule has 96 valence electrons. The molecule has 0 fully saturated rings. The third-order valence-electron chi connectivity index (χ3n) is 2.67. The number of rotatable bonds is 7. The van der Waals surface area contributed by atoms with Gasteiger partial charge in [-0.15, -0.1) is 0 Å². The summed E-state index contributed by atoms with van der Waals surface area (Å²) in [6.07, 6.45) is 1.48. The minimum absolute atomic E-state index is 0.114. The summed E-state index contributed by atoms with van der Waals surface area (Å²) in [7, 11) is 1.53. The second-order valence-electron chi connectivity index (χ2n) is 4.28. The van der Waals surface area contributed by atoms with Crippen LogP contribution in [0.5, 0.6) is 0 Å². The van der Waals surface area contributed by atoms with Crippen LogP contribution in [0.4, 0.5) is 4.39 Å². The van der Waals surface area contributed by atoms with E-state index in [-0.39, 0.29) is 6.61 Å². The van der Waals surface area contributed by atoms with E-state index in [1.54, 1.807) is 0 Å². The van der Waals surface area contributed by atoms with Gasteiger partial charge in [0.2, 0.25) is 0 Å². The van der Waals surface area contributed by atoms with Gasteiger partial charge in [0.25, 0.3) is 0 Å². The smallest absolute Gasteiger partial charge is 0.138 e. The van der Waals surface area contributed by atoms with E-state index in [0.717, 1.165) is 10.0 Å². The summed E-state index contributed by atoms with van der Waals surface area (Å²) in [6.45, 7) is 0.624. The number of nitrogens with two attached hydrogens (primary N) is 1. The summed E-state index contributed by atoms with van der Waals surface area (Å²) in [5.41, 5.74) is 5.09. The van der Waals surface area contributed by atoms with Crippen LogP contribution in [-0.2, 0) is 11.2 Å². The Morgan fingerprint density at radius 3 is 2.53 bits per heavy atom. The number of halogens is 2. The number of benzene rings is 1. The zero-order valence-corrected chi connectivity index (χ0v) is 11.7. The van der Waals surface area contributed by atoms with Gasteiger partial charge in [-0.25, -0.2) is 4.39 Å². The molecule has 0 aliphatic carbocycles. The van der Waals surface area contributed by atoms with Gasteiger partial charge in [-0.3, -0.25) is 0 Å². The molecule has 2 N–H and O–H groups in total. The van der Waals surface area contributed by atoms with Crippen LogP contribution in [-0.4, -0.2) is 25.9 Å². The number of methoxy groups -OCH3 is 1. The first-order valence-corrected chi connectivity index (χ1v) is 6.51. The zero-order valence-electron chi connectivity index (χ0n) is 10.1. The molecular formula is C13H19BrFNO. The maximum atomic E-state index is 14.6. The van der Waals surface area contributed by atoms with Crippen LogP contribution in [0.2, 0.25) is 0 Å². The van der Waals surface area contributed by atoms with Crippen LogP contribution in [0.15, 0.2) is 28.7 Å². The minimum atomic E-state index is -1.32. The highest BCUT2D eigenvalue weighted by Crippen LogP contribution is 2.25. The number of ether oxygens (including phenoxy) is 1. The Balaban J connectivity index is 2.67. The van der Waals surface area contributed by atoms with Crippen molar-refractivity contribution in [1.82, 2.24) is 0 Å². The van der Waals surface area contributed by atoms with Gasteiger partial charge in [0.1, 0.15) is 5.67 Å². The van der Waals surface area contributed by atoms with Gasteiger partial charge in [-0.2, -0.15) is 0 Å². The molecule has 1 unspecified atom stereocenters. The van der Waals surface area contributed by atoms with Crippen LogP contribution in [0.1, 0.15) is 18.4 Å². The van der Waals surface area contributed by atoms with E-state index in [0.29, 0.717) is 25.8 Å². The lowest BCUT2D eigenvalue weighted by Gasteiger charge is -2.24. The largest absolute Gasteiger partial charge is 0.381 e. The molecule has 0 saturated heterocycles. The molecular weight excluding hydrogens is 285 g/mol. The lowest BCUT2D eigenvalue weighted by atomic mass is 9.92. The predicted molar refractivity (Wildman–Crippen MR) is 71.8 cm³/mol. The summed E-state index contributed by atoms with van der Waals surface area (Å²) in [5.74, 6) is 0. The monoisotopic (exact) mass is 303 g/mol. The molecule has 0 aliphatic heterocycles. The maximum absolute atomic E-state index is 14.6. The molecule has 17 heavy (non-hydrogen) atoms. The van der Waals surface area contributed by atoms with Crippen molar-refractivity contribution >= 4 is 15.9 Å². The van der Waals surface area contributed by atoms with E-state index < -0.39 is 5.67 Å². The highest BCUT2D eigenvalue weighted by molar-refractivity contribution is 9.10. The predicted octanol–water partition coefficient (Wildman–Crippen LogP) is 3.09. The molecule has 2 nitrogen and oxygen atoms in total. The molecule has 0 aromatic heterocycles. The third kappa shape index (κ3) is 5.15. The first-order valence-electron chi connectivity index (χ1n) is 5.72. The van der Waals surface area contributed by atoms with Crippen molar-refractivity contribution in [2.24, 2.45) is 5.73 Å². The summed E-state index contributed by atoms with van der Waals surface area (Å²) < 4.78 is 20.5. The highest BCUT2D eigenvalue weighted by atomic mass is 79.9. The van der Waals surface area contributed by atoms with Gasteiger partial charge < -0.3 is 10.5 Å². The van der Waals surface area contributed by atoms with Gasteiger partial charge in [-0.1, -0.05) is 28.1 Å². The number of hydrogen-bond donors (Lipinski definition) is 1. The molecule has 0 radical (unpaired) electrons. The third-order valence-corrected chi connectivity index (χ3v) is 3.19. The van der Waals surface area contributed by atoms with Gasteiger partial charge >= 0.3 is 0 Å². The van der Waals surface area contributed by atoms with Crippen molar-refractivity contribution in [3.05, 3.63) is 34.3 Å². The van der Waals surface area contributed by atoms with Gasteiger partial charge in [0.05, 0.1) is 6.61 Å². The molecule has 1 atom stereocenters. The minimum Gasteiger partial charge on any atom is -0.381 e. The van der Waals surface area contributed by atoms with Crippen molar-refractivity contribution in [2.75, 3.05) is 20.3 Å². The topological polar surface area (TPSA) is 35.2 Å². The molecule has 4 heteroatoms. The van der Waals surface area contributed by atoms with E-state index in [4.69, 9.17) is 10.5 Å². The van der Waals surface area contributed by atoms with E-state index in [1.165, 1.54) is 7.11 Å². The molecule has 0 amide bonds. The molecule has 0 bridgehead atoms. The van der Waals surface area contributed by atoms with E-state index in [2.05, 4.69) is 15.9 Å². The van der Waals surface area contributed by atoms with Crippen molar-refractivity contribution in [1.29, 1.82) is 0 Å². The Morgan fingerprint density at radius 2 is 2.00 bits per heavy atom. The average molecular weight is 304 g/mol. The first kappa shape index (κ1) is 14.6. The van der Waals surface area contributed by atoms with Gasteiger partial charge in [0, 0.05) is 18.0 Å². The Morgan fingerprint density at radius 1 is 1.35 bits per heavy atom. The highest BCUT2D eigenvalue weighted by Gasteiger charge is 2.29. The summed E-state index contributed by atoms with van der Waals surface area (Å²) in [5, 5.41) is 0. The molecule has 0 saturated carbocycles. The summed E-state index contributed by atoms with van der Waals surface area (Å²) in [6, 6.07) is 7.70. The van der Waals surface area contributed by atoms with Crippen LogP contribution < -0.4 is 5.73 Å². The Bertz CT molecular complexity index is 331. The van der Waals surface area contributed by atoms with Crippen LogP contribution in [0, 0.1) is 0 Å². The number of hydrogen-bond acceptors (Lipinski definition) is 2. The molecule has 0 spiro atoms. The van der Waals surface area contributed by atoms with Crippen LogP contribution >= 0.6 is 15.9 Å². The second kappa shape index (κ2) is 7.09. The van der Waals surface area contributed by atoms with Gasteiger partial charge in [-0.05, 0) is 37.1 Å². The van der Waals surface area contributed by atoms with E-state index in [9.17, 15) is 4.39 Å². The van der Waals surface area contributed by atoms with E-state index in [1.807, 2.05) is 24.3 Å². The van der Waals surface area contributed by atoms with E-state index >= 15 is 0 Å². The molecule has 1 aromatic rings. The van der Waals surface area contributed by atoms with Crippen molar-refractivity contribution in [3.8, 4) is 0 Å². The van der Waals surface area contributed by atoms with Crippen molar-refractivity contribution in [3.63, 3.8) is 0 Å². The molecule has 1 rings (SSSR count). The first-order chi connectivity index (χ1) is 8.09. The quantitative estimate of drug-likeness (QED) is 0.840. The summed E-state index contributed by atoms with van der Waals surface area (Å²) >= 11 is 3.36. The Kier molecular flexibility index (Phi) is 6.09. The maximum Gasteiger partial charge on any atom is 0.138 e. The molecule has 0 heterocycles. The van der Waals surface area contributed by atoms with Gasteiger partial charge in [0.15, 0.2) is 0 Å². The Labute approximate surface area is 110 Å². The fourth-order valence-corrected chi connectivity index (χ4v) is 2.12.